The molecule has 12 heteroatoms. The first-order valence-corrected chi connectivity index (χ1v) is 13.4. The van der Waals surface area contributed by atoms with Crippen molar-refractivity contribution < 1.29 is 56.2 Å². The lowest BCUT2D eigenvalue weighted by Gasteiger charge is -2.31. The quantitative estimate of drug-likeness (QED) is 0.170. The van der Waals surface area contributed by atoms with E-state index in [0.29, 0.717) is 11.1 Å². The predicted molar refractivity (Wildman–Crippen MR) is 145 cm³/mol. The smallest absolute Gasteiger partial charge is 0.416 e. The molecule has 6 rings (SSSR count). The number of alkyl halides is 6. The van der Waals surface area contributed by atoms with E-state index in [1.165, 1.54) is 72.8 Å². The third kappa shape index (κ3) is 6.56. The fourth-order valence-corrected chi connectivity index (χ4v) is 5.32. The second-order valence-electron chi connectivity index (χ2n) is 10.3. The Morgan fingerprint density at radius 1 is 0.523 bits per heavy atom. The first-order chi connectivity index (χ1) is 20.7. The van der Waals surface area contributed by atoms with Crippen molar-refractivity contribution in [1.29, 1.82) is 0 Å². The van der Waals surface area contributed by atoms with Gasteiger partial charge in [0.05, 0.1) is 23.3 Å². The van der Waals surface area contributed by atoms with Crippen LogP contribution in [0.3, 0.4) is 0 Å². The summed E-state index contributed by atoms with van der Waals surface area (Å²) >= 11 is 0. The number of rotatable bonds is 2. The first kappa shape index (κ1) is 31.0. The molecule has 0 saturated heterocycles. The van der Waals surface area contributed by atoms with Crippen LogP contribution in [0.15, 0.2) is 84.9 Å². The molecule has 0 aromatic heterocycles. The van der Waals surface area contributed by atoms with E-state index in [0.717, 1.165) is 12.1 Å². The molecule has 44 heavy (non-hydrogen) atoms. The lowest BCUT2D eigenvalue weighted by Crippen LogP contribution is -2.22. The Morgan fingerprint density at radius 3 is 1.25 bits per heavy atom. The molecule has 6 nitrogen and oxygen atoms in total. The fraction of sp³-hybridized carbons (Fsp3) is 0.250. The summed E-state index contributed by atoms with van der Waals surface area (Å²) in [4.78, 5) is 0. The largest absolute Gasteiger partial charge is 0.508 e. The van der Waals surface area contributed by atoms with Crippen LogP contribution in [0.2, 0.25) is 0 Å². The molecular formula is C32H26F6O6. The Balaban J connectivity index is 0.000000175. The van der Waals surface area contributed by atoms with Crippen molar-refractivity contribution in [3.8, 4) is 23.0 Å². The molecule has 2 heterocycles. The molecular weight excluding hydrogens is 594 g/mol. The number of halogens is 6. The molecule has 0 aliphatic carbocycles. The van der Waals surface area contributed by atoms with E-state index < -0.39 is 47.9 Å². The SMILES string of the molecule is Oc1ccc2c(c1)C(O)CC(c1ccccc1C(F)(F)F)O2.Oc1ccc2c(c1)C(O)CC(c1ccccc1C(F)(F)F)O2. The summed E-state index contributed by atoms with van der Waals surface area (Å²) in [5.41, 5.74) is -0.800. The van der Waals surface area contributed by atoms with Crippen molar-refractivity contribution >= 4 is 0 Å². The van der Waals surface area contributed by atoms with E-state index in [4.69, 9.17) is 9.47 Å². The van der Waals surface area contributed by atoms with Crippen molar-refractivity contribution in [3.63, 3.8) is 0 Å². The molecule has 2 aliphatic heterocycles. The number of aliphatic hydroxyl groups excluding tert-OH is 2. The number of aromatic hydroxyl groups is 2. The molecule has 0 bridgehead atoms. The number of phenolic OH excluding ortho intramolecular Hbond substituents is 2. The Morgan fingerprint density at radius 2 is 0.886 bits per heavy atom. The van der Waals surface area contributed by atoms with Crippen LogP contribution in [-0.2, 0) is 12.4 Å². The highest BCUT2D eigenvalue weighted by Crippen LogP contribution is 2.46. The molecule has 4 atom stereocenters. The summed E-state index contributed by atoms with van der Waals surface area (Å²) in [6, 6.07) is 18.7. The molecule has 4 aromatic carbocycles. The maximum atomic E-state index is 13.1. The average molecular weight is 621 g/mol. The summed E-state index contributed by atoms with van der Waals surface area (Å²) in [5, 5.41) is 39.1. The van der Waals surface area contributed by atoms with Gasteiger partial charge in [-0.05, 0) is 48.5 Å². The van der Waals surface area contributed by atoms with Gasteiger partial charge in [0, 0.05) is 35.1 Å². The van der Waals surface area contributed by atoms with Crippen LogP contribution in [0.5, 0.6) is 23.0 Å². The third-order valence-electron chi connectivity index (χ3n) is 7.34. The summed E-state index contributed by atoms with van der Waals surface area (Å²) in [6.07, 6.45) is -12.8. The van der Waals surface area contributed by atoms with Gasteiger partial charge in [-0.25, -0.2) is 0 Å². The van der Waals surface area contributed by atoms with E-state index in [-0.39, 0.29) is 47.0 Å². The minimum atomic E-state index is -4.49. The Bertz CT molecular complexity index is 1520. The van der Waals surface area contributed by atoms with Gasteiger partial charge in [0.1, 0.15) is 35.2 Å². The van der Waals surface area contributed by atoms with Crippen LogP contribution >= 0.6 is 0 Å². The monoisotopic (exact) mass is 620 g/mol. The topological polar surface area (TPSA) is 99.4 Å². The molecule has 2 aliphatic rings. The van der Waals surface area contributed by atoms with E-state index in [9.17, 15) is 46.8 Å². The molecule has 4 N–H and O–H groups in total. The third-order valence-corrected chi connectivity index (χ3v) is 7.34. The fourth-order valence-electron chi connectivity index (χ4n) is 5.32. The molecule has 0 fully saturated rings. The minimum Gasteiger partial charge on any atom is -0.508 e. The summed E-state index contributed by atoms with van der Waals surface area (Å²) in [5.74, 6) is 0.489. The molecule has 232 valence electrons. The highest BCUT2D eigenvalue weighted by molar-refractivity contribution is 5.45. The summed E-state index contributed by atoms with van der Waals surface area (Å²) < 4.78 is 89.8. The van der Waals surface area contributed by atoms with Crippen LogP contribution in [0.25, 0.3) is 0 Å². The summed E-state index contributed by atoms with van der Waals surface area (Å²) in [6.45, 7) is 0. The standard InChI is InChI=1S/2C16H13F3O3/c2*17-16(18,19)12-4-2-1-3-10(12)15-8-13(21)11-7-9(20)5-6-14(11)22-15/h2*1-7,13,15,20-21H,8H2. The van der Waals surface area contributed by atoms with Crippen molar-refractivity contribution in [3.05, 3.63) is 118 Å². The van der Waals surface area contributed by atoms with E-state index in [1.807, 2.05) is 0 Å². The van der Waals surface area contributed by atoms with Gasteiger partial charge in [0.25, 0.3) is 0 Å². The molecule has 0 amide bonds. The van der Waals surface area contributed by atoms with Crippen molar-refractivity contribution in [1.82, 2.24) is 0 Å². The van der Waals surface area contributed by atoms with Gasteiger partial charge >= 0.3 is 12.4 Å². The highest BCUT2D eigenvalue weighted by atomic mass is 19.4. The van der Waals surface area contributed by atoms with Gasteiger partial charge in [-0.3, -0.25) is 0 Å². The minimum absolute atomic E-state index is 0.00669. The normalized spacial score (nSPS) is 21.1. The van der Waals surface area contributed by atoms with Gasteiger partial charge in [-0.2, -0.15) is 26.3 Å². The highest BCUT2D eigenvalue weighted by Gasteiger charge is 2.39. The van der Waals surface area contributed by atoms with Crippen molar-refractivity contribution in [2.75, 3.05) is 0 Å². The number of ether oxygens (including phenoxy) is 2. The number of benzene rings is 4. The van der Waals surface area contributed by atoms with E-state index >= 15 is 0 Å². The number of hydrogen-bond donors (Lipinski definition) is 4. The average Bonchev–Trinajstić information content (AvgIpc) is 2.97. The molecule has 0 saturated carbocycles. The van der Waals surface area contributed by atoms with Gasteiger partial charge in [-0.1, -0.05) is 36.4 Å². The van der Waals surface area contributed by atoms with Crippen LogP contribution in [-0.4, -0.2) is 20.4 Å². The maximum absolute atomic E-state index is 13.1. The zero-order chi connectivity index (χ0) is 31.8. The van der Waals surface area contributed by atoms with Crippen LogP contribution < -0.4 is 9.47 Å². The summed E-state index contributed by atoms with van der Waals surface area (Å²) in [7, 11) is 0. The molecule has 0 radical (unpaired) electrons. The first-order valence-electron chi connectivity index (χ1n) is 13.4. The maximum Gasteiger partial charge on any atom is 0.416 e. The number of hydrogen-bond acceptors (Lipinski definition) is 6. The number of phenols is 2. The van der Waals surface area contributed by atoms with Crippen LogP contribution in [0, 0.1) is 0 Å². The van der Waals surface area contributed by atoms with Crippen LogP contribution in [0.1, 0.15) is 70.6 Å². The molecule has 0 spiro atoms. The van der Waals surface area contributed by atoms with Gasteiger partial charge in [0.2, 0.25) is 0 Å². The molecule has 4 aromatic rings. The van der Waals surface area contributed by atoms with Crippen molar-refractivity contribution in [2.24, 2.45) is 0 Å². The lowest BCUT2D eigenvalue weighted by atomic mass is 9.92. The Hall–Kier alpha value is -4.42. The number of fused-ring (bicyclic) bond motifs is 2. The predicted octanol–water partition coefficient (Wildman–Crippen LogP) is 7.94. The molecule has 4 unspecified atom stereocenters. The zero-order valence-corrected chi connectivity index (χ0v) is 22.7. The van der Waals surface area contributed by atoms with Crippen LogP contribution in [0.4, 0.5) is 26.3 Å². The lowest BCUT2D eigenvalue weighted by molar-refractivity contribution is -0.140. The second-order valence-corrected chi connectivity index (χ2v) is 10.3. The van der Waals surface area contributed by atoms with E-state index in [2.05, 4.69) is 0 Å². The van der Waals surface area contributed by atoms with Gasteiger partial charge in [0.15, 0.2) is 0 Å². The Labute approximate surface area is 247 Å². The number of aliphatic hydroxyl groups is 2. The second kappa shape index (κ2) is 11.9. The van der Waals surface area contributed by atoms with E-state index in [1.54, 1.807) is 0 Å². The van der Waals surface area contributed by atoms with Crippen molar-refractivity contribution in [2.45, 2.75) is 49.6 Å². The van der Waals surface area contributed by atoms with Gasteiger partial charge in [-0.15, -0.1) is 0 Å². The Kier molecular flexibility index (Phi) is 8.41. The van der Waals surface area contributed by atoms with Gasteiger partial charge < -0.3 is 29.9 Å². The zero-order valence-electron chi connectivity index (χ0n) is 22.7.